The number of hydrogen-bond acceptors (Lipinski definition) is 3. The minimum atomic E-state index is 0.754. The number of aliphatic hydroxyl groups is 1. The Hall–Kier alpha value is -2.00. The van der Waals surface area contributed by atoms with Crippen molar-refractivity contribution in [1.29, 1.82) is 0 Å². The van der Waals surface area contributed by atoms with Gasteiger partial charge in [-0.25, -0.2) is 0 Å². The maximum atomic E-state index is 7.00. The molecule has 0 aliphatic rings. The van der Waals surface area contributed by atoms with Crippen molar-refractivity contribution in [2.75, 3.05) is 21.3 Å². The molecule has 0 spiro atoms. The van der Waals surface area contributed by atoms with E-state index < -0.39 is 0 Å². The van der Waals surface area contributed by atoms with Gasteiger partial charge >= 0.3 is 0 Å². The zero-order valence-corrected chi connectivity index (χ0v) is 10.9. The van der Waals surface area contributed by atoms with Crippen molar-refractivity contribution >= 4 is 0 Å². The molecule has 0 amide bonds. The Morgan fingerprint density at radius 3 is 2.00 bits per heavy atom. The molecule has 0 fully saturated rings. The number of ether oxygens (including phenoxy) is 2. The largest absolute Gasteiger partial charge is 0.493 e. The molecule has 0 heterocycles. The lowest BCUT2D eigenvalue weighted by Crippen LogP contribution is -1.92. The highest BCUT2D eigenvalue weighted by Crippen LogP contribution is 2.37. The summed E-state index contributed by atoms with van der Waals surface area (Å²) < 4.78 is 10.7. The number of hydrogen-bond donors (Lipinski definition) is 1. The summed E-state index contributed by atoms with van der Waals surface area (Å²) in [6, 6.07) is 16.0. The zero-order valence-electron chi connectivity index (χ0n) is 10.9. The SMILES string of the molecule is CO.COc1cccc(-c2ccccc2)c1OC. The molecule has 18 heavy (non-hydrogen) atoms. The van der Waals surface area contributed by atoms with Crippen LogP contribution >= 0.6 is 0 Å². The van der Waals surface area contributed by atoms with E-state index in [1.807, 2.05) is 36.4 Å². The topological polar surface area (TPSA) is 38.7 Å². The second-order valence-corrected chi connectivity index (χ2v) is 3.41. The molecule has 96 valence electrons. The van der Waals surface area contributed by atoms with Crippen molar-refractivity contribution in [3.8, 4) is 22.6 Å². The normalized spacial score (nSPS) is 9.11. The first kappa shape index (κ1) is 14.1. The van der Waals surface area contributed by atoms with E-state index in [4.69, 9.17) is 14.6 Å². The van der Waals surface area contributed by atoms with Crippen molar-refractivity contribution in [2.24, 2.45) is 0 Å². The van der Waals surface area contributed by atoms with Gasteiger partial charge in [0.25, 0.3) is 0 Å². The number of para-hydroxylation sites is 1. The van der Waals surface area contributed by atoms with Crippen LogP contribution in [0.4, 0.5) is 0 Å². The number of benzene rings is 2. The van der Waals surface area contributed by atoms with E-state index in [0.29, 0.717) is 0 Å². The number of rotatable bonds is 3. The van der Waals surface area contributed by atoms with Crippen molar-refractivity contribution in [2.45, 2.75) is 0 Å². The minimum Gasteiger partial charge on any atom is -0.493 e. The Balaban J connectivity index is 0.000000771. The summed E-state index contributed by atoms with van der Waals surface area (Å²) in [6.07, 6.45) is 0. The molecule has 0 atom stereocenters. The maximum absolute atomic E-state index is 7.00. The lowest BCUT2D eigenvalue weighted by atomic mass is 10.0. The Bertz CT molecular complexity index is 466. The predicted octanol–water partition coefficient (Wildman–Crippen LogP) is 2.98. The second-order valence-electron chi connectivity index (χ2n) is 3.41. The zero-order chi connectivity index (χ0) is 13.4. The van der Waals surface area contributed by atoms with Gasteiger partial charge < -0.3 is 14.6 Å². The van der Waals surface area contributed by atoms with Crippen LogP contribution in [0.5, 0.6) is 11.5 Å². The van der Waals surface area contributed by atoms with Crippen molar-refractivity contribution in [3.05, 3.63) is 48.5 Å². The van der Waals surface area contributed by atoms with Crippen LogP contribution in [0.25, 0.3) is 11.1 Å². The lowest BCUT2D eigenvalue weighted by Gasteiger charge is -2.12. The predicted molar refractivity (Wildman–Crippen MR) is 73.1 cm³/mol. The molecule has 2 aromatic rings. The van der Waals surface area contributed by atoms with Crippen molar-refractivity contribution < 1.29 is 14.6 Å². The Morgan fingerprint density at radius 1 is 0.778 bits per heavy atom. The molecule has 3 nitrogen and oxygen atoms in total. The smallest absolute Gasteiger partial charge is 0.168 e. The summed E-state index contributed by atoms with van der Waals surface area (Å²) in [5.74, 6) is 1.53. The molecule has 3 heteroatoms. The average Bonchev–Trinajstić information content (AvgIpc) is 2.49. The molecule has 0 saturated heterocycles. The van der Waals surface area contributed by atoms with Gasteiger partial charge in [-0.2, -0.15) is 0 Å². The molecule has 0 aromatic heterocycles. The second kappa shape index (κ2) is 7.35. The Kier molecular flexibility index (Phi) is 5.74. The van der Waals surface area contributed by atoms with Gasteiger partial charge in [0.1, 0.15) is 0 Å². The van der Waals surface area contributed by atoms with Gasteiger partial charge in [-0.3, -0.25) is 0 Å². The summed E-state index contributed by atoms with van der Waals surface area (Å²) >= 11 is 0. The highest BCUT2D eigenvalue weighted by atomic mass is 16.5. The Labute approximate surface area is 108 Å². The van der Waals surface area contributed by atoms with Gasteiger partial charge in [-0.15, -0.1) is 0 Å². The molecule has 0 aliphatic heterocycles. The molecule has 0 radical (unpaired) electrons. The fraction of sp³-hybridized carbons (Fsp3) is 0.200. The fourth-order valence-electron chi connectivity index (χ4n) is 1.73. The first-order valence-corrected chi connectivity index (χ1v) is 5.58. The highest BCUT2D eigenvalue weighted by molar-refractivity contribution is 5.73. The molecule has 2 rings (SSSR count). The molecule has 0 aliphatic carbocycles. The standard InChI is InChI=1S/C14H14O2.CH4O/c1-15-13-10-6-9-12(14(13)16-2)11-7-4-3-5-8-11;1-2/h3-10H,1-2H3;2H,1H3. The third-order valence-electron chi connectivity index (χ3n) is 2.49. The van der Waals surface area contributed by atoms with E-state index in [1.165, 1.54) is 0 Å². The highest BCUT2D eigenvalue weighted by Gasteiger charge is 2.10. The Morgan fingerprint density at radius 2 is 1.44 bits per heavy atom. The molecule has 1 N–H and O–H groups in total. The minimum absolute atomic E-state index is 0.754. The molecule has 0 saturated carbocycles. The van der Waals surface area contributed by atoms with E-state index >= 15 is 0 Å². The van der Waals surface area contributed by atoms with Gasteiger partial charge in [0, 0.05) is 12.7 Å². The quantitative estimate of drug-likeness (QED) is 0.904. The summed E-state index contributed by atoms with van der Waals surface area (Å²) in [7, 11) is 4.30. The van der Waals surface area contributed by atoms with Crippen LogP contribution in [-0.4, -0.2) is 26.4 Å². The fourth-order valence-corrected chi connectivity index (χ4v) is 1.73. The van der Waals surface area contributed by atoms with E-state index in [2.05, 4.69) is 12.1 Å². The summed E-state index contributed by atoms with van der Waals surface area (Å²) in [6.45, 7) is 0. The van der Waals surface area contributed by atoms with E-state index in [0.717, 1.165) is 29.7 Å². The van der Waals surface area contributed by atoms with Crippen molar-refractivity contribution in [1.82, 2.24) is 0 Å². The monoisotopic (exact) mass is 246 g/mol. The average molecular weight is 246 g/mol. The van der Waals surface area contributed by atoms with Gasteiger partial charge in [0.05, 0.1) is 14.2 Å². The van der Waals surface area contributed by atoms with Gasteiger partial charge in [-0.1, -0.05) is 42.5 Å². The van der Waals surface area contributed by atoms with Gasteiger partial charge in [-0.05, 0) is 11.6 Å². The number of aliphatic hydroxyl groups excluding tert-OH is 1. The summed E-state index contributed by atoms with van der Waals surface area (Å²) in [5.41, 5.74) is 2.17. The van der Waals surface area contributed by atoms with Crippen LogP contribution < -0.4 is 9.47 Å². The number of methoxy groups -OCH3 is 2. The third-order valence-corrected chi connectivity index (χ3v) is 2.49. The van der Waals surface area contributed by atoms with Crippen LogP contribution in [0.3, 0.4) is 0 Å². The molecule has 2 aromatic carbocycles. The molecule has 0 unspecified atom stereocenters. The first-order chi connectivity index (χ1) is 8.86. The van der Waals surface area contributed by atoms with E-state index in [9.17, 15) is 0 Å². The summed E-state index contributed by atoms with van der Waals surface area (Å²) in [5, 5.41) is 7.00. The van der Waals surface area contributed by atoms with Gasteiger partial charge in [0.15, 0.2) is 11.5 Å². The van der Waals surface area contributed by atoms with Crippen molar-refractivity contribution in [3.63, 3.8) is 0 Å². The van der Waals surface area contributed by atoms with Crippen LogP contribution in [0.2, 0.25) is 0 Å². The van der Waals surface area contributed by atoms with Crippen LogP contribution in [0, 0.1) is 0 Å². The van der Waals surface area contributed by atoms with Crippen LogP contribution in [0.15, 0.2) is 48.5 Å². The van der Waals surface area contributed by atoms with E-state index in [1.54, 1.807) is 14.2 Å². The molecular weight excluding hydrogens is 228 g/mol. The maximum Gasteiger partial charge on any atom is 0.168 e. The lowest BCUT2D eigenvalue weighted by molar-refractivity contribution is 0.356. The molecule has 0 bridgehead atoms. The first-order valence-electron chi connectivity index (χ1n) is 5.58. The third kappa shape index (κ3) is 3.02. The summed E-state index contributed by atoms with van der Waals surface area (Å²) in [4.78, 5) is 0. The van der Waals surface area contributed by atoms with Crippen LogP contribution in [-0.2, 0) is 0 Å². The van der Waals surface area contributed by atoms with E-state index in [-0.39, 0.29) is 0 Å². The van der Waals surface area contributed by atoms with Crippen LogP contribution in [0.1, 0.15) is 0 Å². The molecular formula is C15H18O3. The van der Waals surface area contributed by atoms with Gasteiger partial charge in [0.2, 0.25) is 0 Å².